The molecule has 1 aliphatic carbocycles. The monoisotopic (exact) mass is 493 g/mol. The number of aromatic nitrogens is 1. The highest BCUT2D eigenvalue weighted by atomic mass is 19.1. The van der Waals surface area contributed by atoms with Crippen LogP contribution in [0.15, 0.2) is 54.7 Å². The van der Waals surface area contributed by atoms with Gasteiger partial charge in [-0.15, -0.1) is 0 Å². The minimum absolute atomic E-state index is 0.00480. The van der Waals surface area contributed by atoms with Gasteiger partial charge in [-0.3, -0.25) is 9.78 Å². The van der Waals surface area contributed by atoms with Crippen molar-refractivity contribution in [2.75, 3.05) is 19.6 Å². The summed E-state index contributed by atoms with van der Waals surface area (Å²) in [5.74, 6) is -0.411. The summed E-state index contributed by atoms with van der Waals surface area (Å²) in [7, 11) is 0. The van der Waals surface area contributed by atoms with Crippen molar-refractivity contribution >= 4 is 16.8 Å². The normalized spacial score (nSPS) is 21.4. The molecule has 2 heterocycles. The second-order valence-corrected chi connectivity index (χ2v) is 10.1. The molecule has 1 saturated carbocycles. The van der Waals surface area contributed by atoms with Gasteiger partial charge in [0.2, 0.25) is 0 Å². The van der Waals surface area contributed by atoms with Gasteiger partial charge in [-0.05, 0) is 93.8 Å². The first-order valence-electron chi connectivity index (χ1n) is 13.0. The molecule has 5 rings (SSSR count). The molecule has 2 aliphatic rings. The van der Waals surface area contributed by atoms with Crippen LogP contribution in [0, 0.1) is 17.6 Å². The molecule has 3 aromatic rings. The largest absolute Gasteiger partial charge is 0.487 e. The van der Waals surface area contributed by atoms with E-state index < -0.39 is 11.6 Å². The van der Waals surface area contributed by atoms with E-state index in [1.165, 1.54) is 12.1 Å². The summed E-state index contributed by atoms with van der Waals surface area (Å²) in [4.78, 5) is 19.5. The standard InChI is InChI=1S/C29H33F2N3O2/c30-23-6-10-28(26(31)19-23)36-25-12-16-34(17-13-25)15-11-20-3-7-24(8-4-20)33-29(35)22-5-9-27-21(18-22)2-1-14-32-27/h1-2,5-6,9-10,14,18-20,24-25H,3-4,7-8,11-13,15-17H2,(H,33,35). The average molecular weight is 494 g/mol. The van der Waals surface area contributed by atoms with E-state index in [0.29, 0.717) is 11.5 Å². The van der Waals surface area contributed by atoms with E-state index >= 15 is 0 Å². The first kappa shape index (κ1) is 24.6. The zero-order valence-corrected chi connectivity index (χ0v) is 20.5. The molecule has 0 unspecified atom stereocenters. The minimum atomic E-state index is -0.640. The summed E-state index contributed by atoms with van der Waals surface area (Å²) in [6.45, 7) is 2.92. The predicted molar refractivity (Wildman–Crippen MR) is 136 cm³/mol. The number of carbonyl (C=O) groups excluding carboxylic acids is 1. The molecule has 2 fully saturated rings. The number of nitrogens with one attached hydrogen (secondary N) is 1. The van der Waals surface area contributed by atoms with Crippen molar-refractivity contribution in [3.05, 3.63) is 71.9 Å². The molecule has 1 aromatic heterocycles. The van der Waals surface area contributed by atoms with Crippen LogP contribution in [0.4, 0.5) is 8.78 Å². The number of hydrogen-bond donors (Lipinski definition) is 1. The van der Waals surface area contributed by atoms with Crippen molar-refractivity contribution in [3.63, 3.8) is 0 Å². The van der Waals surface area contributed by atoms with E-state index in [-0.39, 0.29) is 23.8 Å². The van der Waals surface area contributed by atoms with Crippen LogP contribution in [-0.4, -0.2) is 47.6 Å². The number of rotatable bonds is 7. The van der Waals surface area contributed by atoms with E-state index in [4.69, 9.17) is 4.74 Å². The van der Waals surface area contributed by atoms with Crippen LogP contribution >= 0.6 is 0 Å². The molecule has 5 nitrogen and oxygen atoms in total. The number of fused-ring (bicyclic) bond motifs is 1. The zero-order chi connectivity index (χ0) is 24.9. The van der Waals surface area contributed by atoms with Gasteiger partial charge in [0.15, 0.2) is 11.6 Å². The van der Waals surface area contributed by atoms with Gasteiger partial charge in [0.05, 0.1) is 5.52 Å². The second kappa shape index (κ2) is 11.3. The maximum atomic E-state index is 13.8. The number of pyridine rings is 1. The van der Waals surface area contributed by atoms with Crippen LogP contribution in [0.5, 0.6) is 5.75 Å². The number of nitrogens with zero attached hydrogens (tertiary/aromatic N) is 2. The van der Waals surface area contributed by atoms with Crippen LogP contribution < -0.4 is 10.1 Å². The number of piperidine rings is 1. The lowest BCUT2D eigenvalue weighted by Crippen LogP contribution is -2.40. The van der Waals surface area contributed by atoms with Crippen LogP contribution in [0.3, 0.4) is 0 Å². The van der Waals surface area contributed by atoms with E-state index in [1.54, 1.807) is 6.20 Å². The molecule has 0 bridgehead atoms. The van der Waals surface area contributed by atoms with Gasteiger partial charge < -0.3 is 15.0 Å². The smallest absolute Gasteiger partial charge is 0.251 e. The number of amides is 1. The molecule has 0 spiro atoms. The molecule has 2 aromatic carbocycles. The Kier molecular flexibility index (Phi) is 7.75. The molecule has 0 radical (unpaired) electrons. The van der Waals surface area contributed by atoms with Crippen molar-refractivity contribution in [3.8, 4) is 5.75 Å². The number of hydrogen-bond acceptors (Lipinski definition) is 4. The summed E-state index contributed by atoms with van der Waals surface area (Å²) in [6.07, 6.45) is 8.90. The van der Waals surface area contributed by atoms with E-state index in [9.17, 15) is 13.6 Å². The van der Waals surface area contributed by atoms with Crippen LogP contribution in [0.25, 0.3) is 10.9 Å². The van der Waals surface area contributed by atoms with E-state index in [1.807, 2.05) is 30.3 Å². The minimum Gasteiger partial charge on any atom is -0.487 e. The molecule has 190 valence electrons. The summed E-state index contributed by atoms with van der Waals surface area (Å²) < 4.78 is 32.7. The fourth-order valence-corrected chi connectivity index (χ4v) is 5.45. The summed E-state index contributed by atoms with van der Waals surface area (Å²) in [5, 5.41) is 4.21. The van der Waals surface area contributed by atoms with Gasteiger partial charge in [-0.1, -0.05) is 6.07 Å². The third-order valence-electron chi connectivity index (χ3n) is 7.62. The third-order valence-corrected chi connectivity index (χ3v) is 7.62. The molecule has 0 atom stereocenters. The molecule has 36 heavy (non-hydrogen) atoms. The Labute approximate surface area is 210 Å². The first-order chi connectivity index (χ1) is 17.5. The lowest BCUT2D eigenvalue weighted by Gasteiger charge is -2.34. The Morgan fingerprint density at radius 3 is 2.58 bits per heavy atom. The molecule has 1 saturated heterocycles. The lowest BCUT2D eigenvalue weighted by atomic mass is 9.84. The Balaban J connectivity index is 1.00. The molecule has 1 amide bonds. The maximum absolute atomic E-state index is 13.8. The summed E-state index contributed by atoms with van der Waals surface area (Å²) in [5.41, 5.74) is 1.58. The topological polar surface area (TPSA) is 54.5 Å². The van der Waals surface area contributed by atoms with Crippen LogP contribution in [0.1, 0.15) is 55.3 Å². The van der Waals surface area contributed by atoms with Gasteiger partial charge in [-0.25, -0.2) is 8.78 Å². The van der Waals surface area contributed by atoms with Crippen molar-refractivity contribution < 1.29 is 18.3 Å². The highest BCUT2D eigenvalue weighted by Gasteiger charge is 2.25. The number of ether oxygens (including phenoxy) is 1. The van der Waals surface area contributed by atoms with Crippen molar-refractivity contribution in [2.45, 2.75) is 57.1 Å². The molecular weight excluding hydrogens is 460 g/mol. The number of benzene rings is 2. The van der Waals surface area contributed by atoms with Crippen LogP contribution in [-0.2, 0) is 0 Å². The maximum Gasteiger partial charge on any atom is 0.251 e. The van der Waals surface area contributed by atoms with Gasteiger partial charge in [0, 0.05) is 42.3 Å². The van der Waals surface area contributed by atoms with Crippen molar-refractivity contribution in [1.82, 2.24) is 15.2 Å². The quantitative estimate of drug-likeness (QED) is 0.456. The Morgan fingerprint density at radius 1 is 1.00 bits per heavy atom. The summed E-state index contributed by atoms with van der Waals surface area (Å²) in [6, 6.07) is 13.2. The summed E-state index contributed by atoms with van der Waals surface area (Å²) >= 11 is 0. The Hall–Kier alpha value is -3.06. The van der Waals surface area contributed by atoms with Gasteiger partial charge in [0.25, 0.3) is 5.91 Å². The zero-order valence-electron chi connectivity index (χ0n) is 20.5. The number of halogens is 2. The molecule has 1 N–H and O–H groups in total. The number of carbonyl (C=O) groups is 1. The van der Waals surface area contributed by atoms with Gasteiger partial charge >= 0.3 is 0 Å². The van der Waals surface area contributed by atoms with Crippen molar-refractivity contribution in [1.29, 1.82) is 0 Å². The fourth-order valence-electron chi connectivity index (χ4n) is 5.45. The highest BCUT2D eigenvalue weighted by Crippen LogP contribution is 2.28. The SMILES string of the molecule is O=C(NC1CCC(CCN2CCC(Oc3ccc(F)cc3F)CC2)CC1)c1ccc2ncccc2c1. The predicted octanol–water partition coefficient (Wildman–Crippen LogP) is 5.74. The molecular formula is C29H33F2N3O2. The third kappa shape index (κ3) is 6.19. The lowest BCUT2D eigenvalue weighted by molar-refractivity contribution is 0.0886. The Morgan fingerprint density at radius 2 is 1.81 bits per heavy atom. The highest BCUT2D eigenvalue weighted by molar-refractivity contribution is 5.98. The molecule has 1 aliphatic heterocycles. The second-order valence-electron chi connectivity index (χ2n) is 10.1. The first-order valence-corrected chi connectivity index (χ1v) is 13.0. The fraction of sp³-hybridized carbons (Fsp3) is 0.448. The Bertz CT molecular complexity index is 1190. The van der Waals surface area contributed by atoms with E-state index in [2.05, 4.69) is 15.2 Å². The van der Waals surface area contributed by atoms with Crippen LogP contribution in [0.2, 0.25) is 0 Å². The van der Waals surface area contributed by atoms with E-state index in [0.717, 1.165) is 81.5 Å². The van der Waals surface area contributed by atoms with Gasteiger partial charge in [-0.2, -0.15) is 0 Å². The average Bonchev–Trinajstić information content (AvgIpc) is 2.90. The number of likely N-dealkylation sites (tertiary alicyclic amines) is 1. The molecule has 7 heteroatoms. The van der Waals surface area contributed by atoms with Crippen molar-refractivity contribution in [2.24, 2.45) is 5.92 Å². The van der Waals surface area contributed by atoms with Gasteiger partial charge in [0.1, 0.15) is 11.9 Å².